The number of nitrogens with zero attached hydrogens (tertiary/aromatic N) is 6. The molecule has 1 amide bonds. The van der Waals surface area contributed by atoms with Crippen LogP contribution >= 0.6 is 0 Å². The molecule has 1 aromatic carbocycles. The second-order valence-corrected chi connectivity index (χ2v) is 8.78. The number of carbonyl (C=O) groups is 1. The Bertz CT molecular complexity index is 1140. The summed E-state index contributed by atoms with van der Waals surface area (Å²) in [6, 6.07) is 7.45. The van der Waals surface area contributed by atoms with Gasteiger partial charge in [0, 0.05) is 44.8 Å². The number of anilines is 1. The lowest BCUT2D eigenvalue weighted by Gasteiger charge is -2.41. The predicted octanol–water partition coefficient (Wildman–Crippen LogP) is 2.04. The Hall–Kier alpha value is -3.66. The SMILES string of the molecule is CCCCN1CCN(c2ccnc(-n3ccnc3)n2)C(C(=O)NCCc2ccc3c(c2)OCO3)C1. The van der Waals surface area contributed by atoms with Crippen LogP contribution in [0, 0.1) is 0 Å². The predicted molar refractivity (Wildman–Crippen MR) is 131 cm³/mol. The lowest BCUT2D eigenvalue weighted by atomic mass is 10.1. The first-order chi connectivity index (χ1) is 17.2. The Morgan fingerprint density at radius 1 is 1.17 bits per heavy atom. The van der Waals surface area contributed by atoms with Crippen molar-refractivity contribution in [1.82, 2.24) is 29.7 Å². The number of nitrogens with one attached hydrogen (secondary N) is 1. The third-order valence-corrected chi connectivity index (χ3v) is 6.40. The third-order valence-electron chi connectivity index (χ3n) is 6.40. The molecule has 4 heterocycles. The number of imidazole rings is 1. The van der Waals surface area contributed by atoms with E-state index in [-0.39, 0.29) is 18.7 Å². The average Bonchev–Trinajstić information content (AvgIpc) is 3.59. The van der Waals surface area contributed by atoms with Crippen molar-refractivity contribution >= 4 is 11.7 Å². The zero-order valence-electron chi connectivity index (χ0n) is 20.0. The first kappa shape index (κ1) is 23.1. The lowest BCUT2D eigenvalue weighted by molar-refractivity contribution is -0.123. The van der Waals surface area contributed by atoms with E-state index in [4.69, 9.17) is 14.5 Å². The van der Waals surface area contributed by atoms with Gasteiger partial charge >= 0.3 is 0 Å². The van der Waals surface area contributed by atoms with Gasteiger partial charge in [0.2, 0.25) is 18.6 Å². The van der Waals surface area contributed by atoms with E-state index < -0.39 is 0 Å². The van der Waals surface area contributed by atoms with Gasteiger partial charge in [0.25, 0.3) is 0 Å². The molecular formula is C25H31N7O3. The minimum atomic E-state index is -0.331. The maximum atomic E-state index is 13.4. The zero-order chi connectivity index (χ0) is 24.0. The van der Waals surface area contributed by atoms with Gasteiger partial charge in [0.15, 0.2) is 11.5 Å². The number of hydrogen-bond acceptors (Lipinski definition) is 8. The number of aromatic nitrogens is 4. The number of benzene rings is 1. The van der Waals surface area contributed by atoms with Crippen LogP contribution < -0.4 is 19.7 Å². The molecule has 2 aliphatic heterocycles. The summed E-state index contributed by atoms with van der Waals surface area (Å²) in [5.41, 5.74) is 1.10. The number of piperazine rings is 1. The van der Waals surface area contributed by atoms with Crippen LogP contribution in [0.5, 0.6) is 11.5 Å². The van der Waals surface area contributed by atoms with Gasteiger partial charge < -0.3 is 19.7 Å². The molecule has 1 N–H and O–H groups in total. The molecule has 35 heavy (non-hydrogen) atoms. The molecule has 1 atom stereocenters. The van der Waals surface area contributed by atoms with Crippen LogP contribution in [0.25, 0.3) is 5.95 Å². The molecule has 1 fully saturated rings. The van der Waals surface area contributed by atoms with Crippen molar-refractivity contribution in [3.63, 3.8) is 0 Å². The first-order valence-corrected chi connectivity index (χ1v) is 12.2. The smallest absolute Gasteiger partial charge is 0.244 e. The molecule has 184 valence electrons. The van der Waals surface area contributed by atoms with Crippen LogP contribution in [0.4, 0.5) is 5.82 Å². The van der Waals surface area contributed by atoms with E-state index >= 15 is 0 Å². The van der Waals surface area contributed by atoms with Crippen molar-refractivity contribution in [2.75, 3.05) is 44.4 Å². The Balaban J connectivity index is 1.28. The van der Waals surface area contributed by atoms with Crippen molar-refractivity contribution in [1.29, 1.82) is 0 Å². The van der Waals surface area contributed by atoms with Crippen LogP contribution in [0.3, 0.4) is 0 Å². The van der Waals surface area contributed by atoms with E-state index in [1.807, 2.05) is 30.5 Å². The summed E-state index contributed by atoms with van der Waals surface area (Å²) in [6.07, 6.45) is 9.87. The van der Waals surface area contributed by atoms with E-state index in [2.05, 4.69) is 32.0 Å². The number of carbonyl (C=O) groups excluding carboxylic acids is 1. The van der Waals surface area contributed by atoms with E-state index in [9.17, 15) is 4.79 Å². The van der Waals surface area contributed by atoms with Gasteiger partial charge in [-0.1, -0.05) is 19.4 Å². The fourth-order valence-corrected chi connectivity index (χ4v) is 4.47. The monoisotopic (exact) mass is 477 g/mol. The number of fused-ring (bicyclic) bond motifs is 1. The number of ether oxygens (including phenoxy) is 2. The summed E-state index contributed by atoms with van der Waals surface area (Å²) in [4.78, 5) is 31.1. The Labute approximate surface area is 204 Å². The highest BCUT2D eigenvalue weighted by molar-refractivity contribution is 5.85. The summed E-state index contributed by atoms with van der Waals surface area (Å²) in [5.74, 6) is 2.82. The molecule has 0 spiro atoms. The van der Waals surface area contributed by atoms with Crippen molar-refractivity contribution in [3.05, 3.63) is 54.7 Å². The minimum absolute atomic E-state index is 0.00901. The normalized spacial score (nSPS) is 17.5. The summed E-state index contributed by atoms with van der Waals surface area (Å²) in [6.45, 7) is 6.27. The molecule has 0 bridgehead atoms. The largest absolute Gasteiger partial charge is 0.454 e. The van der Waals surface area contributed by atoms with E-state index in [0.29, 0.717) is 25.5 Å². The number of unbranched alkanes of at least 4 members (excludes halogenated alkanes) is 1. The molecule has 10 nitrogen and oxygen atoms in total. The molecule has 2 aliphatic rings. The number of rotatable bonds is 9. The molecule has 1 saturated heterocycles. The van der Waals surface area contributed by atoms with Crippen LogP contribution in [0.1, 0.15) is 25.3 Å². The van der Waals surface area contributed by atoms with Crippen LogP contribution in [0.15, 0.2) is 49.2 Å². The molecule has 2 aromatic heterocycles. The van der Waals surface area contributed by atoms with Crippen LogP contribution in [0.2, 0.25) is 0 Å². The van der Waals surface area contributed by atoms with Gasteiger partial charge in [0.05, 0.1) is 0 Å². The molecular weight excluding hydrogens is 446 g/mol. The highest BCUT2D eigenvalue weighted by Gasteiger charge is 2.33. The first-order valence-electron chi connectivity index (χ1n) is 12.2. The van der Waals surface area contributed by atoms with Gasteiger partial charge in [-0.15, -0.1) is 0 Å². The molecule has 3 aromatic rings. The van der Waals surface area contributed by atoms with Gasteiger partial charge in [-0.3, -0.25) is 14.3 Å². The van der Waals surface area contributed by atoms with Gasteiger partial charge in [0.1, 0.15) is 18.2 Å². The molecule has 1 unspecified atom stereocenters. The topological polar surface area (TPSA) is 97.6 Å². The minimum Gasteiger partial charge on any atom is -0.454 e. The highest BCUT2D eigenvalue weighted by Crippen LogP contribution is 2.32. The number of hydrogen-bond donors (Lipinski definition) is 1. The van der Waals surface area contributed by atoms with Crippen molar-refractivity contribution in [3.8, 4) is 17.4 Å². The quantitative estimate of drug-likeness (QED) is 0.500. The summed E-state index contributed by atoms with van der Waals surface area (Å²) in [5, 5.41) is 3.15. The summed E-state index contributed by atoms with van der Waals surface area (Å²) in [7, 11) is 0. The van der Waals surface area contributed by atoms with Crippen LogP contribution in [-0.2, 0) is 11.2 Å². The second kappa shape index (κ2) is 10.7. The third kappa shape index (κ3) is 5.37. The molecule has 0 radical (unpaired) electrons. The maximum Gasteiger partial charge on any atom is 0.244 e. The lowest BCUT2D eigenvalue weighted by Crippen LogP contribution is -2.59. The molecule has 10 heteroatoms. The average molecular weight is 478 g/mol. The molecule has 5 rings (SSSR count). The zero-order valence-corrected chi connectivity index (χ0v) is 20.0. The van der Waals surface area contributed by atoms with E-state index in [1.54, 1.807) is 23.3 Å². The summed E-state index contributed by atoms with van der Waals surface area (Å²) < 4.78 is 12.6. The standard InChI is InChI=1S/C25H31N7O3/c1-2-3-11-30-13-14-32(23-7-9-28-25(29-23)31-12-10-26-17-31)20(16-30)24(33)27-8-6-19-4-5-21-22(15-19)35-18-34-21/h4-5,7,9-10,12,15,17,20H,2-3,6,8,11,13-14,16,18H2,1H3,(H,27,33). The Morgan fingerprint density at radius 2 is 2.09 bits per heavy atom. The van der Waals surface area contributed by atoms with Crippen molar-refractivity contribution in [2.45, 2.75) is 32.2 Å². The fraction of sp³-hybridized carbons (Fsp3) is 0.440. The van der Waals surface area contributed by atoms with E-state index in [1.165, 1.54) is 0 Å². The van der Waals surface area contributed by atoms with Crippen molar-refractivity contribution < 1.29 is 14.3 Å². The van der Waals surface area contributed by atoms with Crippen molar-refractivity contribution in [2.24, 2.45) is 0 Å². The Morgan fingerprint density at radius 3 is 2.94 bits per heavy atom. The highest BCUT2D eigenvalue weighted by atomic mass is 16.7. The Kier molecular flexibility index (Phi) is 7.08. The van der Waals surface area contributed by atoms with E-state index in [0.717, 1.165) is 55.4 Å². The van der Waals surface area contributed by atoms with Crippen LogP contribution in [-0.4, -0.2) is 75.9 Å². The molecule has 0 saturated carbocycles. The van der Waals surface area contributed by atoms with Gasteiger partial charge in [-0.25, -0.2) is 9.97 Å². The van der Waals surface area contributed by atoms with Gasteiger partial charge in [-0.2, -0.15) is 4.98 Å². The summed E-state index contributed by atoms with van der Waals surface area (Å²) >= 11 is 0. The second-order valence-electron chi connectivity index (χ2n) is 8.78. The fourth-order valence-electron chi connectivity index (χ4n) is 4.47. The number of amides is 1. The maximum absolute atomic E-state index is 13.4. The van der Waals surface area contributed by atoms with Gasteiger partial charge in [-0.05, 0) is 43.1 Å². The molecule has 0 aliphatic carbocycles.